The number of para-hydroxylation sites is 1. The fourth-order valence-electron chi connectivity index (χ4n) is 1.72. The molecule has 1 fully saturated rings. The van der Waals surface area contributed by atoms with E-state index < -0.39 is 0 Å². The Morgan fingerprint density at radius 3 is 2.81 bits per heavy atom. The molecule has 0 heterocycles. The van der Waals surface area contributed by atoms with Crippen LogP contribution in [0.5, 0.6) is 5.75 Å². The Labute approximate surface area is 101 Å². The second kappa shape index (κ2) is 4.45. The molecule has 4 heteroatoms. The molecule has 16 heavy (non-hydrogen) atoms. The predicted octanol–water partition coefficient (Wildman–Crippen LogP) is 2.58. The van der Waals surface area contributed by atoms with Gasteiger partial charge in [-0.1, -0.05) is 6.07 Å². The Morgan fingerprint density at radius 2 is 2.25 bits per heavy atom. The number of hydrogen-bond acceptors (Lipinski definition) is 4. The van der Waals surface area contributed by atoms with E-state index in [9.17, 15) is 0 Å². The van der Waals surface area contributed by atoms with E-state index in [1.807, 2.05) is 30.0 Å². The van der Waals surface area contributed by atoms with Gasteiger partial charge in [-0.15, -0.1) is 0 Å². The molecule has 1 aliphatic carbocycles. The van der Waals surface area contributed by atoms with Crippen LogP contribution in [-0.2, 0) is 0 Å². The Balaban J connectivity index is 2.04. The Kier molecular flexibility index (Phi) is 3.19. The molecule has 0 saturated heterocycles. The van der Waals surface area contributed by atoms with Gasteiger partial charge in [0.2, 0.25) is 0 Å². The number of methoxy groups -OCH3 is 1. The van der Waals surface area contributed by atoms with E-state index in [0.717, 1.165) is 18.0 Å². The van der Waals surface area contributed by atoms with Gasteiger partial charge in [0, 0.05) is 11.3 Å². The smallest absolute Gasteiger partial charge is 0.143 e. The summed E-state index contributed by atoms with van der Waals surface area (Å²) in [5.74, 6) is 0.735. The number of ether oxygens (including phenoxy) is 1. The van der Waals surface area contributed by atoms with Crippen LogP contribution in [0, 0.1) is 0 Å². The van der Waals surface area contributed by atoms with Crippen LogP contribution in [0.2, 0.25) is 0 Å². The Morgan fingerprint density at radius 1 is 1.50 bits per heavy atom. The minimum Gasteiger partial charge on any atom is -0.495 e. The minimum absolute atomic E-state index is 0.440. The first-order chi connectivity index (χ1) is 7.71. The number of thioether (sulfide) groups is 1. The number of nitrogens with two attached hydrogens (primary N) is 1. The molecule has 0 bridgehead atoms. The highest BCUT2D eigenvalue weighted by molar-refractivity contribution is 8.00. The molecule has 0 atom stereocenters. The quantitative estimate of drug-likeness (QED) is 0.774. The van der Waals surface area contributed by atoms with Gasteiger partial charge in [0.25, 0.3) is 0 Å². The molecule has 88 valence electrons. The molecule has 3 N–H and O–H groups in total. The van der Waals surface area contributed by atoms with Gasteiger partial charge in [-0.25, -0.2) is 0 Å². The number of nitrogens with one attached hydrogen (secondary N) is 1. The van der Waals surface area contributed by atoms with E-state index in [2.05, 4.69) is 11.6 Å². The van der Waals surface area contributed by atoms with Crippen LogP contribution in [0.3, 0.4) is 0 Å². The lowest BCUT2D eigenvalue weighted by atomic mass is 10.2. The number of nitrogen functional groups attached to an aromatic ring is 1. The van der Waals surface area contributed by atoms with Crippen LogP contribution in [0.15, 0.2) is 18.2 Å². The van der Waals surface area contributed by atoms with Crippen molar-refractivity contribution < 1.29 is 4.74 Å². The lowest BCUT2D eigenvalue weighted by Crippen LogP contribution is -2.18. The summed E-state index contributed by atoms with van der Waals surface area (Å²) in [5, 5.41) is 3.42. The van der Waals surface area contributed by atoms with E-state index in [-0.39, 0.29) is 0 Å². The second-order valence-electron chi connectivity index (χ2n) is 4.16. The monoisotopic (exact) mass is 238 g/mol. The number of rotatable bonds is 5. The normalized spacial score (nSPS) is 16.9. The molecule has 0 spiro atoms. The summed E-state index contributed by atoms with van der Waals surface area (Å²) < 4.78 is 5.63. The lowest BCUT2D eigenvalue weighted by Gasteiger charge is -2.16. The van der Waals surface area contributed by atoms with E-state index >= 15 is 0 Å². The molecule has 0 aromatic heterocycles. The van der Waals surface area contributed by atoms with Gasteiger partial charge >= 0.3 is 0 Å². The molecular weight excluding hydrogens is 220 g/mol. The van der Waals surface area contributed by atoms with Crippen molar-refractivity contribution in [2.75, 3.05) is 31.0 Å². The summed E-state index contributed by atoms with van der Waals surface area (Å²) in [6.45, 7) is 0.978. The average molecular weight is 238 g/mol. The van der Waals surface area contributed by atoms with E-state index in [4.69, 9.17) is 10.5 Å². The number of anilines is 2. The van der Waals surface area contributed by atoms with Crippen molar-refractivity contribution >= 4 is 23.1 Å². The third kappa shape index (κ3) is 2.21. The van der Waals surface area contributed by atoms with Crippen LogP contribution in [-0.4, -0.2) is 24.7 Å². The van der Waals surface area contributed by atoms with Crippen molar-refractivity contribution in [3.05, 3.63) is 18.2 Å². The van der Waals surface area contributed by atoms with Crippen molar-refractivity contribution in [1.82, 2.24) is 0 Å². The standard InChI is InChI=1S/C12H18N2OS/c1-15-10-5-3-4-9(11(10)13)14-8-12(16-2)6-7-12/h3-5,14H,6-8,13H2,1-2H3. The fourth-order valence-corrected chi connectivity index (χ4v) is 2.45. The van der Waals surface area contributed by atoms with Crippen LogP contribution in [0.25, 0.3) is 0 Å². The van der Waals surface area contributed by atoms with Gasteiger partial charge < -0.3 is 15.8 Å². The third-order valence-corrected chi connectivity index (χ3v) is 4.55. The van der Waals surface area contributed by atoms with Gasteiger partial charge in [0.05, 0.1) is 18.5 Å². The van der Waals surface area contributed by atoms with E-state index in [0.29, 0.717) is 10.4 Å². The average Bonchev–Trinajstić information content (AvgIpc) is 3.08. The molecule has 0 aliphatic heterocycles. The summed E-state index contributed by atoms with van der Waals surface area (Å²) in [5.41, 5.74) is 7.66. The van der Waals surface area contributed by atoms with Crippen LogP contribution >= 0.6 is 11.8 Å². The molecule has 1 aliphatic rings. The highest BCUT2D eigenvalue weighted by Gasteiger charge is 2.41. The Hall–Kier alpha value is -1.03. The second-order valence-corrected chi connectivity index (χ2v) is 5.44. The third-order valence-electron chi connectivity index (χ3n) is 3.13. The maximum atomic E-state index is 5.99. The molecule has 2 rings (SSSR count). The van der Waals surface area contributed by atoms with Crippen molar-refractivity contribution in [2.45, 2.75) is 17.6 Å². The van der Waals surface area contributed by atoms with Crippen molar-refractivity contribution in [2.24, 2.45) is 0 Å². The van der Waals surface area contributed by atoms with Crippen LogP contribution in [0.4, 0.5) is 11.4 Å². The Bertz CT molecular complexity index is 377. The molecular formula is C12H18N2OS. The summed E-state index contributed by atoms with van der Waals surface area (Å²) in [6, 6.07) is 5.83. The first-order valence-corrected chi connectivity index (χ1v) is 6.65. The lowest BCUT2D eigenvalue weighted by molar-refractivity contribution is 0.417. The molecule has 1 aromatic rings. The molecule has 1 aromatic carbocycles. The predicted molar refractivity (Wildman–Crippen MR) is 71.4 cm³/mol. The largest absolute Gasteiger partial charge is 0.495 e. The van der Waals surface area contributed by atoms with E-state index in [1.165, 1.54) is 12.8 Å². The van der Waals surface area contributed by atoms with E-state index in [1.54, 1.807) is 7.11 Å². The highest BCUT2D eigenvalue weighted by atomic mass is 32.2. The zero-order valence-electron chi connectivity index (χ0n) is 9.75. The molecule has 0 radical (unpaired) electrons. The van der Waals surface area contributed by atoms with Gasteiger partial charge in [-0.2, -0.15) is 11.8 Å². The van der Waals surface area contributed by atoms with Crippen LogP contribution < -0.4 is 15.8 Å². The summed E-state index contributed by atoms with van der Waals surface area (Å²) in [7, 11) is 1.64. The zero-order chi connectivity index (χ0) is 11.6. The number of hydrogen-bond donors (Lipinski definition) is 2. The molecule has 1 saturated carbocycles. The molecule has 0 amide bonds. The number of benzene rings is 1. The SMILES string of the molecule is COc1cccc(NCC2(SC)CC2)c1N. The zero-order valence-corrected chi connectivity index (χ0v) is 10.6. The van der Waals surface area contributed by atoms with Gasteiger partial charge in [0.1, 0.15) is 5.75 Å². The first-order valence-electron chi connectivity index (χ1n) is 5.42. The fraction of sp³-hybridized carbons (Fsp3) is 0.500. The van der Waals surface area contributed by atoms with Gasteiger partial charge in [-0.3, -0.25) is 0 Å². The van der Waals surface area contributed by atoms with Gasteiger partial charge in [-0.05, 0) is 31.2 Å². The van der Waals surface area contributed by atoms with Crippen molar-refractivity contribution in [3.63, 3.8) is 0 Å². The van der Waals surface area contributed by atoms with Crippen LogP contribution in [0.1, 0.15) is 12.8 Å². The maximum Gasteiger partial charge on any atom is 0.143 e. The molecule has 0 unspecified atom stereocenters. The highest BCUT2D eigenvalue weighted by Crippen LogP contribution is 2.47. The molecule has 3 nitrogen and oxygen atoms in total. The first kappa shape index (κ1) is 11.5. The van der Waals surface area contributed by atoms with Crippen molar-refractivity contribution in [1.29, 1.82) is 0 Å². The summed E-state index contributed by atoms with van der Waals surface area (Å²) >= 11 is 1.94. The minimum atomic E-state index is 0.440. The topological polar surface area (TPSA) is 47.3 Å². The summed E-state index contributed by atoms with van der Waals surface area (Å²) in [4.78, 5) is 0. The van der Waals surface area contributed by atoms with Gasteiger partial charge in [0.15, 0.2) is 0 Å². The summed E-state index contributed by atoms with van der Waals surface area (Å²) in [6.07, 6.45) is 4.76. The maximum absolute atomic E-state index is 5.99. The van der Waals surface area contributed by atoms with Crippen molar-refractivity contribution in [3.8, 4) is 5.75 Å².